The molecule has 0 atom stereocenters. The number of rotatable bonds is 7. The minimum Gasteiger partial charge on any atom is -0.508 e. The first-order chi connectivity index (χ1) is 14.3. The largest absolute Gasteiger partial charge is 0.508 e. The van der Waals surface area contributed by atoms with Gasteiger partial charge in [0.15, 0.2) is 0 Å². The van der Waals surface area contributed by atoms with Gasteiger partial charge in [0.25, 0.3) is 0 Å². The lowest BCUT2D eigenvalue weighted by Crippen LogP contribution is -2.43. The Hall–Kier alpha value is -2.38. The molecule has 7 heteroatoms. The van der Waals surface area contributed by atoms with Crippen LogP contribution in [0.5, 0.6) is 5.75 Å². The molecule has 1 saturated heterocycles. The van der Waals surface area contributed by atoms with Crippen LogP contribution in [0.15, 0.2) is 47.4 Å². The maximum atomic E-state index is 12.9. The van der Waals surface area contributed by atoms with Gasteiger partial charge in [-0.1, -0.05) is 18.2 Å². The van der Waals surface area contributed by atoms with Gasteiger partial charge in [-0.25, -0.2) is 8.42 Å². The standard InChI is InChI=1S/C23H30N2O4S/c1-17-5-10-22(16-18(17)2)30(28,29)25-14-11-20(12-15-25)23(27)24-13-3-4-19-6-8-21(26)9-7-19/h5-10,16,20,26H,3-4,11-15H2,1-2H3,(H,24,27). The second-order valence-corrected chi connectivity index (χ2v) is 9.92. The van der Waals surface area contributed by atoms with E-state index in [0.717, 1.165) is 29.5 Å². The Balaban J connectivity index is 1.45. The van der Waals surface area contributed by atoms with Gasteiger partial charge in [0.1, 0.15) is 5.75 Å². The van der Waals surface area contributed by atoms with Gasteiger partial charge in [0.05, 0.1) is 4.90 Å². The van der Waals surface area contributed by atoms with E-state index in [0.29, 0.717) is 37.4 Å². The maximum absolute atomic E-state index is 12.9. The zero-order valence-electron chi connectivity index (χ0n) is 17.6. The van der Waals surface area contributed by atoms with Crippen molar-refractivity contribution in [1.82, 2.24) is 9.62 Å². The summed E-state index contributed by atoms with van der Waals surface area (Å²) in [6.45, 7) is 5.18. The number of hydrogen-bond acceptors (Lipinski definition) is 4. The summed E-state index contributed by atoms with van der Waals surface area (Å²) in [4.78, 5) is 12.8. The molecule has 1 fully saturated rings. The molecule has 0 spiro atoms. The Kier molecular flexibility index (Phi) is 7.15. The molecular weight excluding hydrogens is 400 g/mol. The number of nitrogens with zero attached hydrogens (tertiary/aromatic N) is 1. The van der Waals surface area contributed by atoms with Crippen molar-refractivity contribution in [2.75, 3.05) is 19.6 Å². The number of aryl methyl sites for hydroxylation is 3. The van der Waals surface area contributed by atoms with Crippen molar-refractivity contribution in [3.8, 4) is 5.75 Å². The first kappa shape index (κ1) is 22.3. The smallest absolute Gasteiger partial charge is 0.243 e. The molecular formula is C23H30N2O4S. The van der Waals surface area contributed by atoms with E-state index in [-0.39, 0.29) is 17.6 Å². The highest BCUT2D eigenvalue weighted by Gasteiger charge is 2.32. The predicted octanol–water partition coefficient (Wildman–Crippen LogP) is 3.16. The Morgan fingerprint density at radius 1 is 1.07 bits per heavy atom. The quantitative estimate of drug-likeness (QED) is 0.661. The van der Waals surface area contributed by atoms with E-state index in [4.69, 9.17) is 0 Å². The number of piperidine rings is 1. The lowest BCUT2D eigenvalue weighted by molar-refractivity contribution is -0.126. The molecule has 1 heterocycles. The average molecular weight is 431 g/mol. The predicted molar refractivity (Wildman–Crippen MR) is 117 cm³/mol. The molecule has 30 heavy (non-hydrogen) atoms. The van der Waals surface area contributed by atoms with Crippen molar-refractivity contribution in [3.05, 3.63) is 59.2 Å². The van der Waals surface area contributed by atoms with Gasteiger partial charge in [0, 0.05) is 25.6 Å². The fourth-order valence-electron chi connectivity index (χ4n) is 3.69. The van der Waals surface area contributed by atoms with Gasteiger partial charge < -0.3 is 10.4 Å². The molecule has 0 saturated carbocycles. The lowest BCUT2D eigenvalue weighted by atomic mass is 9.97. The van der Waals surface area contributed by atoms with E-state index in [1.807, 2.05) is 32.0 Å². The molecule has 0 unspecified atom stereocenters. The molecule has 2 aromatic rings. The van der Waals surface area contributed by atoms with Crippen molar-refractivity contribution in [2.45, 2.75) is 44.4 Å². The topological polar surface area (TPSA) is 86.7 Å². The zero-order valence-corrected chi connectivity index (χ0v) is 18.4. The fraction of sp³-hybridized carbons (Fsp3) is 0.435. The SMILES string of the molecule is Cc1ccc(S(=O)(=O)N2CCC(C(=O)NCCCc3ccc(O)cc3)CC2)cc1C. The second kappa shape index (κ2) is 9.62. The van der Waals surface area contributed by atoms with Crippen LogP contribution >= 0.6 is 0 Å². The van der Waals surface area contributed by atoms with Gasteiger partial charge >= 0.3 is 0 Å². The third kappa shape index (κ3) is 5.40. The molecule has 162 valence electrons. The van der Waals surface area contributed by atoms with Crippen LogP contribution < -0.4 is 5.32 Å². The fourth-order valence-corrected chi connectivity index (χ4v) is 5.25. The molecule has 3 rings (SSSR count). The highest BCUT2D eigenvalue weighted by atomic mass is 32.2. The van der Waals surface area contributed by atoms with Crippen molar-refractivity contribution in [2.24, 2.45) is 5.92 Å². The van der Waals surface area contributed by atoms with Crippen LogP contribution in [0.1, 0.15) is 36.0 Å². The molecule has 1 amide bonds. The van der Waals surface area contributed by atoms with Crippen molar-refractivity contribution in [3.63, 3.8) is 0 Å². The molecule has 0 aromatic heterocycles. The number of nitrogens with one attached hydrogen (secondary N) is 1. The number of sulfonamides is 1. The number of amides is 1. The molecule has 6 nitrogen and oxygen atoms in total. The van der Waals surface area contributed by atoms with E-state index >= 15 is 0 Å². The van der Waals surface area contributed by atoms with Crippen LogP contribution in [0.4, 0.5) is 0 Å². The van der Waals surface area contributed by atoms with Crippen molar-refractivity contribution < 1.29 is 18.3 Å². The highest BCUT2D eigenvalue weighted by Crippen LogP contribution is 2.25. The number of carbonyl (C=O) groups is 1. The number of benzene rings is 2. The van der Waals surface area contributed by atoms with Crippen molar-refractivity contribution in [1.29, 1.82) is 0 Å². The number of hydrogen-bond donors (Lipinski definition) is 2. The molecule has 1 aliphatic heterocycles. The summed E-state index contributed by atoms with van der Waals surface area (Å²) in [7, 11) is -3.52. The summed E-state index contributed by atoms with van der Waals surface area (Å²) in [6.07, 6.45) is 2.71. The summed E-state index contributed by atoms with van der Waals surface area (Å²) in [5, 5.41) is 12.3. The summed E-state index contributed by atoms with van der Waals surface area (Å²) >= 11 is 0. The molecule has 1 aliphatic rings. The van der Waals surface area contributed by atoms with E-state index in [1.54, 1.807) is 24.3 Å². The second-order valence-electron chi connectivity index (χ2n) is 7.99. The average Bonchev–Trinajstić information content (AvgIpc) is 2.74. The normalized spacial score (nSPS) is 15.8. The zero-order chi connectivity index (χ0) is 21.7. The summed E-state index contributed by atoms with van der Waals surface area (Å²) in [6, 6.07) is 12.3. The molecule has 0 aliphatic carbocycles. The van der Waals surface area contributed by atoms with Crippen molar-refractivity contribution >= 4 is 15.9 Å². The van der Waals surface area contributed by atoms with E-state index in [2.05, 4.69) is 5.32 Å². The van der Waals surface area contributed by atoms with Gasteiger partial charge in [-0.15, -0.1) is 0 Å². The third-order valence-electron chi connectivity index (χ3n) is 5.82. The van der Waals surface area contributed by atoms with Gasteiger partial charge in [-0.2, -0.15) is 4.31 Å². The Bertz CT molecular complexity index is 979. The van der Waals surface area contributed by atoms with Crippen LogP contribution in [0.2, 0.25) is 0 Å². The molecule has 2 N–H and O–H groups in total. The van der Waals surface area contributed by atoms with Crippen LogP contribution in [0, 0.1) is 19.8 Å². The van der Waals surface area contributed by atoms with E-state index in [9.17, 15) is 18.3 Å². The van der Waals surface area contributed by atoms with Gasteiger partial charge in [-0.05, 0) is 80.5 Å². The number of carbonyl (C=O) groups excluding carboxylic acids is 1. The van der Waals surface area contributed by atoms with Crippen LogP contribution in [-0.4, -0.2) is 43.4 Å². The maximum Gasteiger partial charge on any atom is 0.243 e. The lowest BCUT2D eigenvalue weighted by Gasteiger charge is -2.30. The Labute approximate surface area is 179 Å². The van der Waals surface area contributed by atoms with Crippen LogP contribution in [0.3, 0.4) is 0 Å². The van der Waals surface area contributed by atoms with Gasteiger partial charge in [0.2, 0.25) is 15.9 Å². The number of phenols is 1. The highest BCUT2D eigenvalue weighted by molar-refractivity contribution is 7.89. The summed E-state index contributed by atoms with van der Waals surface area (Å²) < 4.78 is 27.3. The third-order valence-corrected chi connectivity index (χ3v) is 7.71. The van der Waals surface area contributed by atoms with E-state index < -0.39 is 10.0 Å². The molecule has 0 radical (unpaired) electrons. The number of phenolic OH excluding ortho intramolecular Hbond substituents is 1. The Morgan fingerprint density at radius 3 is 2.37 bits per heavy atom. The first-order valence-corrected chi connectivity index (χ1v) is 11.8. The van der Waals surface area contributed by atoms with Crippen LogP contribution in [-0.2, 0) is 21.2 Å². The Morgan fingerprint density at radius 2 is 1.73 bits per heavy atom. The summed E-state index contributed by atoms with van der Waals surface area (Å²) in [5.74, 6) is 0.103. The minimum absolute atomic E-state index is 0.00364. The minimum atomic E-state index is -3.52. The summed E-state index contributed by atoms with van der Waals surface area (Å²) in [5.41, 5.74) is 3.14. The first-order valence-electron chi connectivity index (χ1n) is 10.4. The molecule has 2 aromatic carbocycles. The van der Waals surface area contributed by atoms with Crippen LogP contribution in [0.25, 0.3) is 0 Å². The number of aromatic hydroxyl groups is 1. The van der Waals surface area contributed by atoms with Gasteiger partial charge in [-0.3, -0.25) is 4.79 Å². The van der Waals surface area contributed by atoms with E-state index in [1.165, 1.54) is 4.31 Å². The molecule has 0 bridgehead atoms. The monoisotopic (exact) mass is 430 g/mol.